The molecule has 6 heteroatoms. The lowest BCUT2D eigenvalue weighted by atomic mass is 10.1. The van der Waals surface area contributed by atoms with Crippen LogP contribution >= 0.6 is 11.3 Å². The fourth-order valence-corrected chi connectivity index (χ4v) is 2.34. The number of rotatable bonds is 3. The summed E-state index contributed by atoms with van der Waals surface area (Å²) in [6, 6.07) is 2.24. The van der Waals surface area contributed by atoms with E-state index in [0.717, 1.165) is 18.2 Å². The summed E-state index contributed by atoms with van der Waals surface area (Å²) < 4.78 is 42.0. The molecule has 0 fully saturated rings. The van der Waals surface area contributed by atoms with Crippen LogP contribution < -0.4 is 0 Å². The standard InChI is InChI=1S/C12H12F3NOS/c1-3-7(2)8-6-18-11(16-8)9-4-5-10(17-9)12(13,14)15/h4-7H,3H2,1-2H3. The van der Waals surface area contributed by atoms with Crippen molar-refractivity contribution in [1.29, 1.82) is 0 Å². The minimum absolute atomic E-state index is 0.168. The van der Waals surface area contributed by atoms with E-state index in [0.29, 0.717) is 10.9 Å². The van der Waals surface area contributed by atoms with Gasteiger partial charge in [-0.05, 0) is 24.5 Å². The van der Waals surface area contributed by atoms with Gasteiger partial charge in [0.1, 0.15) is 0 Å². The minimum atomic E-state index is -4.45. The number of thiazole rings is 1. The molecular weight excluding hydrogens is 263 g/mol. The predicted octanol–water partition coefficient (Wildman–Crippen LogP) is 4.94. The zero-order chi connectivity index (χ0) is 13.3. The molecule has 0 radical (unpaired) electrons. The van der Waals surface area contributed by atoms with Crippen molar-refractivity contribution >= 4 is 11.3 Å². The van der Waals surface area contributed by atoms with Crippen LogP contribution in [0.15, 0.2) is 21.9 Å². The van der Waals surface area contributed by atoms with E-state index in [2.05, 4.69) is 4.98 Å². The third kappa shape index (κ3) is 2.58. The van der Waals surface area contributed by atoms with Crippen LogP contribution in [0.2, 0.25) is 0 Å². The molecule has 2 aromatic rings. The highest BCUT2D eigenvalue weighted by Crippen LogP contribution is 2.35. The number of halogens is 3. The maximum Gasteiger partial charge on any atom is 0.449 e. The summed E-state index contributed by atoms with van der Waals surface area (Å²) in [6.07, 6.45) is -3.51. The summed E-state index contributed by atoms with van der Waals surface area (Å²) in [7, 11) is 0. The Morgan fingerprint density at radius 3 is 2.67 bits per heavy atom. The average Bonchev–Trinajstić information content (AvgIpc) is 2.94. The van der Waals surface area contributed by atoms with Crippen LogP contribution in [0.25, 0.3) is 10.8 Å². The largest absolute Gasteiger partial charge is 0.449 e. The Morgan fingerprint density at radius 1 is 1.39 bits per heavy atom. The topological polar surface area (TPSA) is 26.0 Å². The van der Waals surface area contributed by atoms with E-state index >= 15 is 0 Å². The second-order valence-corrected chi connectivity index (χ2v) is 4.91. The van der Waals surface area contributed by atoms with Crippen molar-refractivity contribution in [1.82, 2.24) is 4.98 Å². The molecule has 0 amide bonds. The van der Waals surface area contributed by atoms with Gasteiger partial charge in [-0.1, -0.05) is 13.8 Å². The van der Waals surface area contributed by atoms with E-state index < -0.39 is 11.9 Å². The van der Waals surface area contributed by atoms with Gasteiger partial charge in [0, 0.05) is 5.38 Å². The Balaban J connectivity index is 2.27. The van der Waals surface area contributed by atoms with Gasteiger partial charge in [-0.3, -0.25) is 0 Å². The SMILES string of the molecule is CCC(C)c1csc(-c2ccc(C(F)(F)F)o2)n1. The molecule has 0 spiro atoms. The van der Waals surface area contributed by atoms with Gasteiger partial charge in [0.15, 0.2) is 10.8 Å². The Kier molecular flexibility index (Phi) is 3.47. The van der Waals surface area contributed by atoms with Gasteiger partial charge in [0.25, 0.3) is 0 Å². The lowest BCUT2D eigenvalue weighted by Crippen LogP contribution is -2.01. The van der Waals surface area contributed by atoms with Crippen molar-refractivity contribution in [3.63, 3.8) is 0 Å². The molecule has 0 saturated carbocycles. The first kappa shape index (κ1) is 13.1. The van der Waals surface area contributed by atoms with E-state index in [9.17, 15) is 13.2 Å². The molecule has 0 saturated heterocycles. The van der Waals surface area contributed by atoms with Crippen molar-refractivity contribution in [2.45, 2.75) is 32.4 Å². The first-order valence-electron chi connectivity index (χ1n) is 5.54. The monoisotopic (exact) mass is 275 g/mol. The second-order valence-electron chi connectivity index (χ2n) is 4.05. The summed E-state index contributed by atoms with van der Waals surface area (Å²) in [6.45, 7) is 4.07. The molecule has 2 rings (SSSR count). The minimum Gasteiger partial charge on any atom is -0.449 e. The molecule has 2 heterocycles. The summed E-state index contributed by atoms with van der Waals surface area (Å²) in [4.78, 5) is 4.30. The molecule has 2 aromatic heterocycles. The van der Waals surface area contributed by atoms with E-state index in [1.807, 2.05) is 19.2 Å². The summed E-state index contributed by atoms with van der Waals surface area (Å²) in [5, 5.41) is 2.35. The fraction of sp³-hybridized carbons (Fsp3) is 0.417. The van der Waals surface area contributed by atoms with E-state index in [-0.39, 0.29) is 5.76 Å². The molecule has 0 aliphatic heterocycles. The molecule has 0 aromatic carbocycles. The van der Waals surface area contributed by atoms with Crippen LogP contribution in [0.1, 0.15) is 37.6 Å². The normalized spacial score (nSPS) is 13.8. The highest BCUT2D eigenvalue weighted by Gasteiger charge is 2.35. The quantitative estimate of drug-likeness (QED) is 0.793. The van der Waals surface area contributed by atoms with Gasteiger partial charge in [-0.25, -0.2) is 4.98 Å². The maximum absolute atomic E-state index is 12.4. The molecular formula is C12H12F3NOS. The van der Waals surface area contributed by atoms with Crippen molar-refractivity contribution < 1.29 is 17.6 Å². The van der Waals surface area contributed by atoms with Gasteiger partial charge in [-0.2, -0.15) is 13.2 Å². The average molecular weight is 275 g/mol. The number of aromatic nitrogens is 1. The van der Waals surface area contributed by atoms with Gasteiger partial charge < -0.3 is 4.42 Å². The fourth-order valence-electron chi connectivity index (χ4n) is 1.44. The van der Waals surface area contributed by atoms with Crippen molar-refractivity contribution in [3.05, 3.63) is 29.0 Å². The Hall–Kier alpha value is -1.30. The lowest BCUT2D eigenvalue weighted by Gasteiger charge is -2.02. The smallest absolute Gasteiger partial charge is 0.449 e. The molecule has 1 unspecified atom stereocenters. The number of alkyl halides is 3. The Bertz CT molecular complexity index is 529. The molecule has 18 heavy (non-hydrogen) atoms. The molecule has 1 atom stereocenters. The van der Waals surface area contributed by atoms with Gasteiger partial charge in [0.05, 0.1) is 5.69 Å². The highest BCUT2D eigenvalue weighted by atomic mass is 32.1. The molecule has 0 aliphatic carbocycles. The second kappa shape index (κ2) is 4.76. The van der Waals surface area contributed by atoms with Gasteiger partial charge in [0.2, 0.25) is 5.76 Å². The van der Waals surface area contributed by atoms with Crippen molar-refractivity contribution in [3.8, 4) is 10.8 Å². The molecule has 0 bridgehead atoms. The number of furan rings is 1. The molecule has 0 aliphatic rings. The zero-order valence-electron chi connectivity index (χ0n) is 9.91. The molecule has 2 nitrogen and oxygen atoms in total. The summed E-state index contributed by atoms with van der Waals surface area (Å²) >= 11 is 1.30. The third-order valence-electron chi connectivity index (χ3n) is 2.74. The Morgan fingerprint density at radius 2 is 2.11 bits per heavy atom. The predicted molar refractivity (Wildman–Crippen MR) is 63.5 cm³/mol. The van der Waals surface area contributed by atoms with E-state index in [4.69, 9.17) is 4.42 Å². The van der Waals surface area contributed by atoms with Crippen molar-refractivity contribution in [2.24, 2.45) is 0 Å². The Labute approximate surface area is 106 Å². The van der Waals surface area contributed by atoms with Crippen LogP contribution in [-0.4, -0.2) is 4.98 Å². The first-order valence-corrected chi connectivity index (χ1v) is 6.42. The number of nitrogens with zero attached hydrogens (tertiary/aromatic N) is 1. The summed E-state index contributed by atoms with van der Waals surface area (Å²) in [5.74, 6) is -0.522. The molecule has 0 N–H and O–H groups in total. The first-order chi connectivity index (χ1) is 8.41. The van der Waals surface area contributed by atoms with Crippen LogP contribution in [-0.2, 0) is 6.18 Å². The van der Waals surface area contributed by atoms with Crippen LogP contribution in [0.4, 0.5) is 13.2 Å². The summed E-state index contributed by atoms with van der Waals surface area (Å²) in [5.41, 5.74) is 0.891. The van der Waals surface area contributed by atoms with Crippen LogP contribution in [0.3, 0.4) is 0 Å². The maximum atomic E-state index is 12.4. The van der Waals surface area contributed by atoms with Crippen LogP contribution in [0.5, 0.6) is 0 Å². The van der Waals surface area contributed by atoms with Crippen LogP contribution in [0, 0.1) is 0 Å². The number of hydrogen-bond donors (Lipinski definition) is 0. The van der Waals surface area contributed by atoms with E-state index in [1.54, 1.807) is 0 Å². The van der Waals surface area contributed by atoms with Gasteiger partial charge in [-0.15, -0.1) is 11.3 Å². The lowest BCUT2D eigenvalue weighted by molar-refractivity contribution is -0.152. The third-order valence-corrected chi connectivity index (χ3v) is 3.61. The van der Waals surface area contributed by atoms with Gasteiger partial charge >= 0.3 is 6.18 Å². The highest BCUT2D eigenvalue weighted by molar-refractivity contribution is 7.13. The zero-order valence-corrected chi connectivity index (χ0v) is 10.7. The number of hydrogen-bond acceptors (Lipinski definition) is 3. The van der Waals surface area contributed by atoms with E-state index in [1.165, 1.54) is 17.4 Å². The van der Waals surface area contributed by atoms with Crippen molar-refractivity contribution in [2.75, 3.05) is 0 Å². The molecule has 98 valence electrons.